The summed E-state index contributed by atoms with van der Waals surface area (Å²) in [6.07, 6.45) is 13.1. The van der Waals surface area contributed by atoms with Crippen molar-refractivity contribution in [2.45, 2.75) is 93.4 Å². The lowest BCUT2D eigenvalue weighted by Gasteiger charge is -2.19. The van der Waals surface area contributed by atoms with Gasteiger partial charge < -0.3 is 9.80 Å². The number of thiol groups is 1. The molecule has 0 saturated heterocycles. The van der Waals surface area contributed by atoms with Crippen molar-refractivity contribution in [1.82, 2.24) is 9.80 Å². The molecule has 0 aromatic rings. The van der Waals surface area contributed by atoms with Gasteiger partial charge in [-0.1, -0.05) is 85.6 Å². The Morgan fingerprint density at radius 1 is 1.00 bits per heavy atom. The molecule has 2 aliphatic rings. The van der Waals surface area contributed by atoms with Crippen LogP contribution in [0.3, 0.4) is 0 Å². The van der Waals surface area contributed by atoms with Crippen molar-refractivity contribution < 1.29 is 9.59 Å². The smallest absolute Gasteiger partial charge is 0.260 e. The number of fused-ring (bicyclic) bond motifs is 1. The molecule has 2 rings (SSSR count). The molecular weight excluding hydrogens is 392 g/mol. The van der Waals surface area contributed by atoms with Gasteiger partial charge in [-0.3, -0.25) is 9.59 Å². The van der Waals surface area contributed by atoms with Gasteiger partial charge in [0.05, 0.1) is 16.8 Å². The van der Waals surface area contributed by atoms with Gasteiger partial charge in [0.25, 0.3) is 11.8 Å². The van der Waals surface area contributed by atoms with Crippen LogP contribution in [0.1, 0.15) is 93.4 Å². The summed E-state index contributed by atoms with van der Waals surface area (Å²) in [6.45, 7) is 15.5. The Morgan fingerprint density at radius 3 is 1.97 bits per heavy atom. The summed E-state index contributed by atoms with van der Waals surface area (Å²) in [4.78, 5) is 27.8. The Kier molecular flexibility index (Phi) is 14.6. The maximum Gasteiger partial charge on any atom is 0.260 e. The Hall–Kier alpha value is -1.49. The van der Waals surface area contributed by atoms with E-state index in [0.717, 1.165) is 5.92 Å². The summed E-state index contributed by atoms with van der Waals surface area (Å²) >= 11 is 4.34. The summed E-state index contributed by atoms with van der Waals surface area (Å²) in [5.74, 6) is 0.637. The van der Waals surface area contributed by atoms with Gasteiger partial charge in [0.1, 0.15) is 0 Å². The van der Waals surface area contributed by atoms with Crippen LogP contribution in [0.15, 0.2) is 34.0 Å². The predicted molar refractivity (Wildman–Crippen MR) is 132 cm³/mol. The van der Waals surface area contributed by atoms with Gasteiger partial charge in [-0.15, -0.1) is 12.6 Å². The molecule has 0 unspecified atom stereocenters. The standard InChI is InChI=1S/C12H14N2O2S.C8H18.C5H12/c1-4-8(17)10-9-7(6-13(3)12(9)16)11(15)14(10)5-2;1-4-5-6-7-8(2)3;1-3-5-4-2/h4,6,17H,5H2,1-3H3;8H,4-7H2,1-3H3;3-5H2,1-2H3/b8-4-;;. The highest BCUT2D eigenvalue weighted by Gasteiger charge is 2.43. The van der Waals surface area contributed by atoms with E-state index >= 15 is 0 Å². The lowest BCUT2D eigenvalue weighted by molar-refractivity contribution is -0.124. The molecule has 30 heavy (non-hydrogen) atoms. The molecule has 0 spiro atoms. The predicted octanol–water partition coefficient (Wildman–Crippen LogP) is 6.71. The minimum atomic E-state index is -0.146. The summed E-state index contributed by atoms with van der Waals surface area (Å²) in [7, 11) is 1.65. The van der Waals surface area contributed by atoms with Crippen molar-refractivity contribution in [3.05, 3.63) is 34.0 Å². The highest BCUT2D eigenvalue weighted by Crippen LogP contribution is 2.38. The molecule has 2 aliphatic heterocycles. The molecule has 0 radical (unpaired) electrons. The van der Waals surface area contributed by atoms with E-state index in [1.807, 2.05) is 13.8 Å². The van der Waals surface area contributed by atoms with E-state index < -0.39 is 0 Å². The Labute approximate surface area is 190 Å². The molecule has 0 atom stereocenters. The number of amides is 2. The van der Waals surface area contributed by atoms with Gasteiger partial charge in [0.15, 0.2) is 0 Å². The van der Waals surface area contributed by atoms with Crippen LogP contribution in [0.5, 0.6) is 0 Å². The van der Waals surface area contributed by atoms with Crippen LogP contribution in [0.2, 0.25) is 0 Å². The largest absolute Gasteiger partial charge is 0.317 e. The fourth-order valence-electron chi connectivity index (χ4n) is 3.24. The third-order valence-electron chi connectivity index (χ3n) is 5.03. The minimum absolute atomic E-state index is 0.122. The fraction of sp³-hybridized carbons (Fsp3) is 0.680. The second-order valence-corrected chi connectivity index (χ2v) is 8.63. The first kappa shape index (κ1) is 28.5. The number of carbonyl (C=O) groups excluding carboxylic acids is 2. The molecule has 0 bridgehead atoms. The number of hydrogen-bond donors (Lipinski definition) is 1. The number of hydrogen-bond acceptors (Lipinski definition) is 3. The fourth-order valence-corrected chi connectivity index (χ4v) is 3.47. The molecule has 5 heteroatoms. The van der Waals surface area contributed by atoms with E-state index in [1.54, 1.807) is 24.2 Å². The van der Waals surface area contributed by atoms with Crippen molar-refractivity contribution in [1.29, 1.82) is 0 Å². The summed E-state index contributed by atoms with van der Waals surface area (Å²) in [5.41, 5.74) is 1.58. The first-order valence-electron chi connectivity index (χ1n) is 11.6. The van der Waals surface area contributed by atoms with E-state index in [4.69, 9.17) is 0 Å². The van der Waals surface area contributed by atoms with Crippen LogP contribution < -0.4 is 0 Å². The van der Waals surface area contributed by atoms with Crippen LogP contribution >= 0.6 is 12.6 Å². The SMILES string of the molecule is C/C=C(\S)C1=C2C(=O)N(C)C=C2C(=O)N1CC.CCCCC.CCCCCC(C)C. The second kappa shape index (κ2) is 15.3. The topological polar surface area (TPSA) is 40.6 Å². The molecule has 0 aromatic carbocycles. The highest BCUT2D eigenvalue weighted by molar-refractivity contribution is 7.84. The first-order chi connectivity index (χ1) is 14.2. The lowest BCUT2D eigenvalue weighted by atomic mass is 10.1. The molecule has 4 nitrogen and oxygen atoms in total. The normalized spacial score (nSPS) is 15.8. The monoisotopic (exact) mass is 436 g/mol. The Bertz CT molecular complexity index is 646. The molecule has 0 aromatic heterocycles. The summed E-state index contributed by atoms with van der Waals surface area (Å²) in [5, 5.41) is 0. The van der Waals surface area contributed by atoms with Crippen LogP contribution in [-0.2, 0) is 9.59 Å². The molecule has 2 heterocycles. The van der Waals surface area contributed by atoms with E-state index in [-0.39, 0.29) is 11.8 Å². The van der Waals surface area contributed by atoms with Gasteiger partial charge in [0, 0.05) is 24.7 Å². The van der Waals surface area contributed by atoms with Crippen molar-refractivity contribution >= 4 is 24.4 Å². The van der Waals surface area contributed by atoms with Crippen LogP contribution in [0, 0.1) is 5.92 Å². The van der Waals surface area contributed by atoms with Gasteiger partial charge >= 0.3 is 0 Å². The Balaban J connectivity index is 0.000000540. The number of rotatable bonds is 8. The molecule has 172 valence electrons. The van der Waals surface area contributed by atoms with E-state index in [9.17, 15) is 9.59 Å². The third-order valence-corrected chi connectivity index (χ3v) is 5.50. The van der Waals surface area contributed by atoms with Crippen LogP contribution in [0.25, 0.3) is 0 Å². The summed E-state index contributed by atoms with van der Waals surface area (Å²) < 4.78 is 0. The van der Waals surface area contributed by atoms with E-state index in [0.29, 0.717) is 28.3 Å². The van der Waals surface area contributed by atoms with E-state index in [1.165, 1.54) is 49.8 Å². The maximum atomic E-state index is 12.1. The molecule has 2 amide bonds. The maximum absolute atomic E-state index is 12.1. The molecule has 0 N–H and O–H groups in total. The third kappa shape index (κ3) is 8.33. The minimum Gasteiger partial charge on any atom is -0.317 e. The number of allylic oxidation sites excluding steroid dienone is 1. The molecule has 0 saturated carbocycles. The summed E-state index contributed by atoms with van der Waals surface area (Å²) in [6, 6.07) is 0. The zero-order valence-corrected chi connectivity index (χ0v) is 21.4. The zero-order valence-electron chi connectivity index (χ0n) is 20.5. The van der Waals surface area contributed by atoms with Crippen molar-refractivity contribution in [3.63, 3.8) is 0 Å². The van der Waals surface area contributed by atoms with Crippen LogP contribution in [0.4, 0.5) is 0 Å². The molecular formula is C25H44N2O2S. The zero-order chi connectivity index (χ0) is 23.3. The molecule has 0 fully saturated rings. The number of likely N-dealkylation sites (N-methyl/N-ethyl adjacent to an activating group) is 2. The van der Waals surface area contributed by atoms with Gasteiger partial charge in [-0.05, 0) is 19.8 Å². The van der Waals surface area contributed by atoms with Crippen molar-refractivity contribution in [2.24, 2.45) is 5.92 Å². The van der Waals surface area contributed by atoms with Gasteiger partial charge in [-0.2, -0.15) is 0 Å². The number of nitrogens with zero attached hydrogens (tertiary/aromatic N) is 2. The van der Waals surface area contributed by atoms with Crippen LogP contribution in [-0.4, -0.2) is 35.2 Å². The first-order valence-corrected chi connectivity index (χ1v) is 12.1. The quantitative estimate of drug-likeness (QED) is 0.339. The number of carbonyl (C=O) groups is 2. The average Bonchev–Trinajstić information content (AvgIpc) is 3.16. The highest BCUT2D eigenvalue weighted by atomic mass is 32.1. The van der Waals surface area contributed by atoms with Gasteiger partial charge in [-0.25, -0.2) is 0 Å². The van der Waals surface area contributed by atoms with Gasteiger partial charge in [0.2, 0.25) is 0 Å². The average molecular weight is 437 g/mol. The van der Waals surface area contributed by atoms with Crippen molar-refractivity contribution in [2.75, 3.05) is 13.6 Å². The van der Waals surface area contributed by atoms with Crippen molar-refractivity contribution in [3.8, 4) is 0 Å². The van der Waals surface area contributed by atoms with E-state index in [2.05, 4.69) is 47.2 Å². The lowest BCUT2D eigenvalue weighted by Crippen LogP contribution is -2.27. The molecule has 0 aliphatic carbocycles. The second-order valence-electron chi connectivity index (χ2n) is 8.15. The number of unbranched alkanes of at least 4 members (excludes halogenated alkanes) is 4. The Morgan fingerprint density at radius 2 is 1.57 bits per heavy atom.